The van der Waals surface area contributed by atoms with Crippen molar-refractivity contribution >= 4 is 5.97 Å². The largest absolute Gasteiger partial charge is 0.461 e. The first-order chi connectivity index (χ1) is 9.58. The first-order valence-corrected chi connectivity index (χ1v) is 6.61. The number of hydrogen-bond acceptors (Lipinski definition) is 5. The molecule has 2 heterocycles. The fourth-order valence-electron chi connectivity index (χ4n) is 1.70. The molecule has 0 bridgehead atoms. The van der Waals surface area contributed by atoms with Gasteiger partial charge in [0.1, 0.15) is 0 Å². The van der Waals surface area contributed by atoms with Crippen molar-refractivity contribution in [3.8, 4) is 0 Å². The lowest BCUT2D eigenvalue weighted by molar-refractivity contribution is 0.0451. The van der Waals surface area contributed by atoms with E-state index in [0.717, 1.165) is 12.2 Å². The zero-order chi connectivity index (χ0) is 14.5. The van der Waals surface area contributed by atoms with Crippen LogP contribution in [0.4, 0.5) is 0 Å². The summed E-state index contributed by atoms with van der Waals surface area (Å²) in [5, 5.41) is 7.90. The molecule has 0 atom stereocenters. The number of rotatable bonds is 6. The van der Waals surface area contributed by atoms with E-state index < -0.39 is 5.97 Å². The van der Waals surface area contributed by atoms with Crippen LogP contribution in [0.25, 0.3) is 0 Å². The Morgan fingerprint density at radius 1 is 1.40 bits per heavy atom. The quantitative estimate of drug-likeness (QED) is 0.744. The van der Waals surface area contributed by atoms with Gasteiger partial charge in [-0.1, -0.05) is 19.1 Å². The molecule has 2 aromatic rings. The predicted molar refractivity (Wildman–Crippen MR) is 72.1 cm³/mol. The summed E-state index contributed by atoms with van der Waals surface area (Å²) in [4.78, 5) is 15.8. The lowest BCUT2D eigenvalue weighted by Gasteiger charge is -2.06. The molecule has 0 unspecified atom stereocenters. The summed E-state index contributed by atoms with van der Waals surface area (Å²) in [5.74, 6) is -0.111. The molecule has 0 radical (unpaired) electrons. The van der Waals surface area contributed by atoms with Gasteiger partial charge in [0.05, 0.1) is 25.2 Å². The fraction of sp³-hybridized carbons (Fsp3) is 0.538. The Bertz CT molecular complexity index is 559. The van der Waals surface area contributed by atoms with Crippen LogP contribution in [0.3, 0.4) is 0 Å². The number of imidazole rings is 1. The molecular weight excluding hydrogens is 258 g/mol. The Morgan fingerprint density at radius 3 is 2.85 bits per heavy atom. The van der Waals surface area contributed by atoms with Crippen LogP contribution in [0.5, 0.6) is 0 Å². The SMILES string of the molecule is Cc1c(C(=O)OCC(C)C)nnn1CCn1ccnc1. The second-order valence-electron chi connectivity index (χ2n) is 5.04. The molecule has 0 aliphatic carbocycles. The van der Waals surface area contributed by atoms with E-state index in [1.165, 1.54) is 0 Å². The van der Waals surface area contributed by atoms with E-state index in [9.17, 15) is 4.79 Å². The fourth-order valence-corrected chi connectivity index (χ4v) is 1.70. The van der Waals surface area contributed by atoms with Crippen molar-refractivity contribution in [1.29, 1.82) is 0 Å². The van der Waals surface area contributed by atoms with Crippen LogP contribution >= 0.6 is 0 Å². The summed E-state index contributed by atoms with van der Waals surface area (Å²) < 4.78 is 8.81. The van der Waals surface area contributed by atoms with Crippen LogP contribution < -0.4 is 0 Å². The van der Waals surface area contributed by atoms with Crippen molar-refractivity contribution in [3.05, 3.63) is 30.1 Å². The van der Waals surface area contributed by atoms with Crippen molar-refractivity contribution in [1.82, 2.24) is 24.5 Å². The van der Waals surface area contributed by atoms with Crippen molar-refractivity contribution in [2.75, 3.05) is 6.61 Å². The minimum Gasteiger partial charge on any atom is -0.461 e. The van der Waals surface area contributed by atoms with Gasteiger partial charge in [0.2, 0.25) is 0 Å². The van der Waals surface area contributed by atoms with Crippen LogP contribution in [0.2, 0.25) is 0 Å². The number of nitrogens with zero attached hydrogens (tertiary/aromatic N) is 5. The third kappa shape index (κ3) is 3.43. The summed E-state index contributed by atoms with van der Waals surface area (Å²) in [7, 11) is 0. The molecule has 0 aliphatic heterocycles. The summed E-state index contributed by atoms with van der Waals surface area (Å²) in [5.41, 5.74) is 1.01. The Balaban J connectivity index is 1.97. The first kappa shape index (κ1) is 14.2. The highest BCUT2D eigenvalue weighted by Gasteiger charge is 2.18. The van der Waals surface area contributed by atoms with Crippen LogP contribution in [-0.4, -0.2) is 37.1 Å². The highest BCUT2D eigenvalue weighted by Crippen LogP contribution is 2.07. The Hall–Kier alpha value is -2.18. The van der Waals surface area contributed by atoms with Gasteiger partial charge in [-0.15, -0.1) is 5.10 Å². The van der Waals surface area contributed by atoms with Gasteiger partial charge in [-0.2, -0.15) is 0 Å². The lowest BCUT2D eigenvalue weighted by atomic mass is 10.2. The Morgan fingerprint density at radius 2 is 2.20 bits per heavy atom. The van der Waals surface area contributed by atoms with Crippen molar-refractivity contribution in [3.63, 3.8) is 0 Å². The molecule has 7 heteroatoms. The van der Waals surface area contributed by atoms with E-state index >= 15 is 0 Å². The van der Waals surface area contributed by atoms with Crippen LogP contribution in [-0.2, 0) is 17.8 Å². The van der Waals surface area contributed by atoms with Crippen LogP contribution in [0.15, 0.2) is 18.7 Å². The standard InChI is InChI=1S/C13H19N5O2/c1-10(2)8-20-13(19)12-11(3)18(16-15-12)7-6-17-5-4-14-9-17/h4-5,9-10H,6-8H2,1-3H3. The number of aryl methyl sites for hydroxylation is 2. The summed E-state index contributed by atoms with van der Waals surface area (Å²) in [6.07, 6.45) is 5.34. The Labute approximate surface area is 117 Å². The van der Waals surface area contributed by atoms with Gasteiger partial charge in [0.15, 0.2) is 5.69 Å². The molecule has 7 nitrogen and oxygen atoms in total. The second-order valence-corrected chi connectivity index (χ2v) is 5.04. The molecule has 0 spiro atoms. The van der Waals surface area contributed by atoms with Gasteiger partial charge in [-0.3, -0.25) is 0 Å². The summed E-state index contributed by atoms with van der Waals surface area (Å²) in [6, 6.07) is 0. The first-order valence-electron chi connectivity index (χ1n) is 6.61. The maximum atomic E-state index is 11.9. The Kier molecular flexibility index (Phi) is 4.49. The third-order valence-electron chi connectivity index (χ3n) is 2.85. The topological polar surface area (TPSA) is 74.8 Å². The van der Waals surface area contributed by atoms with Gasteiger partial charge < -0.3 is 9.30 Å². The third-order valence-corrected chi connectivity index (χ3v) is 2.85. The number of aromatic nitrogens is 5. The monoisotopic (exact) mass is 277 g/mol. The predicted octanol–water partition coefficient (Wildman–Crippen LogP) is 1.30. The normalized spacial score (nSPS) is 11.0. The maximum absolute atomic E-state index is 11.9. The van der Waals surface area contributed by atoms with Gasteiger partial charge >= 0.3 is 5.97 Å². The molecule has 108 valence electrons. The number of esters is 1. The average molecular weight is 277 g/mol. The number of carbonyl (C=O) groups excluding carboxylic acids is 1. The summed E-state index contributed by atoms with van der Waals surface area (Å²) >= 11 is 0. The number of carbonyl (C=O) groups is 1. The van der Waals surface area contributed by atoms with Gasteiger partial charge in [-0.05, 0) is 12.8 Å². The molecule has 0 aromatic carbocycles. The van der Waals surface area contributed by atoms with Gasteiger partial charge in [0.25, 0.3) is 0 Å². The van der Waals surface area contributed by atoms with Crippen LogP contribution in [0, 0.1) is 12.8 Å². The molecular formula is C13H19N5O2. The van der Waals surface area contributed by atoms with Crippen molar-refractivity contribution < 1.29 is 9.53 Å². The molecule has 0 saturated heterocycles. The number of hydrogen-bond donors (Lipinski definition) is 0. The maximum Gasteiger partial charge on any atom is 0.360 e. The minimum atomic E-state index is -0.412. The molecule has 0 N–H and O–H groups in total. The van der Waals surface area contributed by atoms with Gasteiger partial charge in [0, 0.05) is 18.9 Å². The zero-order valence-corrected chi connectivity index (χ0v) is 12.0. The molecule has 0 aliphatic rings. The molecule has 20 heavy (non-hydrogen) atoms. The average Bonchev–Trinajstić information content (AvgIpc) is 3.03. The number of ether oxygens (including phenoxy) is 1. The van der Waals surface area contributed by atoms with E-state index in [4.69, 9.17) is 4.74 Å². The van der Waals surface area contributed by atoms with Crippen LogP contribution in [0.1, 0.15) is 30.0 Å². The van der Waals surface area contributed by atoms with E-state index in [-0.39, 0.29) is 5.69 Å². The summed E-state index contributed by atoms with van der Waals surface area (Å²) in [6.45, 7) is 7.54. The zero-order valence-electron chi connectivity index (χ0n) is 12.0. The molecule has 0 saturated carbocycles. The highest BCUT2D eigenvalue weighted by molar-refractivity contribution is 5.88. The van der Waals surface area contributed by atoms with E-state index in [0.29, 0.717) is 19.1 Å². The molecule has 2 aromatic heterocycles. The molecule has 2 rings (SSSR count). The van der Waals surface area contributed by atoms with E-state index in [2.05, 4.69) is 15.3 Å². The van der Waals surface area contributed by atoms with E-state index in [1.54, 1.807) is 17.2 Å². The second kappa shape index (κ2) is 6.31. The highest BCUT2D eigenvalue weighted by atomic mass is 16.5. The van der Waals surface area contributed by atoms with E-state index in [1.807, 2.05) is 31.5 Å². The van der Waals surface area contributed by atoms with Crippen molar-refractivity contribution in [2.45, 2.75) is 33.9 Å². The minimum absolute atomic E-state index is 0.288. The lowest BCUT2D eigenvalue weighted by Crippen LogP contribution is -2.13. The molecule has 0 fully saturated rings. The smallest absolute Gasteiger partial charge is 0.360 e. The van der Waals surface area contributed by atoms with Crippen molar-refractivity contribution in [2.24, 2.45) is 5.92 Å². The molecule has 0 amide bonds. The van der Waals surface area contributed by atoms with Gasteiger partial charge in [-0.25, -0.2) is 14.5 Å².